The summed E-state index contributed by atoms with van der Waals surface area (Å²) in [5.74, 6) is 2.89. The van der Waals surface area contributed by atoms with Gasteiger partial charge in [0.2, 0.25) is 0 Å². The monoisotopic (exact) mass is 514 g/mol. The Balaban J connectivity index is 1.11. The van der Waals surface area contributed by atoms with E-state index >= 15 is 0 Å². The fourth-order valence-corrected chi connectivity index (χ4v) is 5.99. The lowest BCUT2D eigenvalue weighted by Gasteiger charge is -2.24. The van der Waals surface area contributed by atoms with Crippen molar-refractivity contribution in [3.05, 3.63) is 48.9 Å². The van der Waals surface area contributed by atoms with Gasteiger partial charge in [0.25, 0.3) is 0 Å². The van der Waals surface area contributed by atoms with E-state index in [2.05, 4.69) is 55.6 Å². The fourth-order valence-electron chi connectivity index (χ4n) is 5.99. The van der Waals surface area contributed by atoms with E-state index < -0.39 is 5.79 Å². The zero-order valence-electron chi connectivity index (χ0n) is 22.1. The SMILES string of the molecule is CNc1ncnc2c1ccn2[C@@H]1C[C@H](COc2ccc3ccc(NCC4CC4)nc3c2)[C@H]2OC(C)(C)O[C@H]21. The Hall–Kier alpha value is -3.43. The van der Waals surface area contributed by atoms with E-state index in [9.17, 15) is 0 Å². The van der Waals surface area contributed by atoms with Crippen LogP contribution < -0.4 is 15.4 Å². The van der Waals surface area contributed by atoms with Gasteiger partial charge >= 0.3 is 0 Å². The van der Waals surface area contributed by atoms with Crippen LogP contribution in [0.1, 0.15) is 39.2 Å². The quantitative estimate of drug-likeness (QED) is 0.339. The average Bonchev–Trinajstić information content (AvgIpc) is 3.45. The van der Waals surface area contributed by atoms with Crippen LogP contribution in [0.5, 0.6) is 5.75 Å². The number of aromatic nitrogens is 4. The normalized spacial score (nSPS) is 26.1. The second-order valence-corrected chi connectivity index (χ2v) is 11.2. The average molecular weight is 515 g/mol. The van der Waals surface area contributed by atoms with Gasteiger partial charge in [-0.2, -0.15) is 0 Å². The maximum atomic E-state index is 6.44. The molecule has 4 heterocycles. The number of hydrogen-bond acceptors (Lipinski definition) is 8. The Morgan fingerprint density at radius 2 is 1.92 bits per heavy atom. The molecule has 3 aromatic heterocycles. The molecule has 1 aromatic carbocycles. The van der Waals surface area contributed by atoms with Gasteiger partial charge in [0.05, 0.1) is 29.7 Å². The standard InChI is InChI=1S/C29H34N6O3/c1-29(2)37-25-19(12-23(26(25)38-29)35-11-10-21-27(30-3)32-16-33-28(21)35)15-36-20-8-6-18-7-9-24(34-22(18)13-20)31-14-17-4-5-17/h6-11,13,16-17,19,23,25-26H,4-5,12,14-15H2,1-3H3,(H,31,34)(H,30,32,33)/t19-,23-,25-,26+/m1/s1. The van der Waals surface area contributed by atoms with Crippen LogP contribution in [0.15, 0.2) is 48.9 Å². The molecule has 3 aliphatic rings. The van der Waals surface area contributed by atoms with Crippen LogP contribution in [-0.2, 0) is 9.47 Å². The van der Waals surface area contributed by atoms with Crippen molar-refractivity contribution in [3.63, 3.8) is 0 Å². The van der Waals surface area contributed by atoms with E-state index in [0.717, 1.165) is 58.2 Å². The number of benzene rings is 1. The highest BCUT2D eigenvalue weighted by molar-refractivity contribution is 5.87. The van der Waals surface area contributed by atoms with Gasteiger partial charge in [-0.05, 0) is 69.4 Å². The minimum atomic E-state index is -0.642. The molecule has 0 bridgehead atoms. The van der Waals surface area contributed by atoms with Gasteiger partial charge < -0.3 is 29.4 Å². The number of pyridine rings is 1. The van der Waals surface area contributed by atoms with Crippen LogP contribution in [0.25, 0.3) is 21.9 Å². The van der Waals surface area contributed by atoms with E-state index in [1.165, 1.54) is 12.8 Å². The molecule has 0 spiro atoms. The highest BCUT2D eigenvalue weighted by Crippen LogP contribution is 2.48. The summed E-state index contributed by atoms with van der Waals surface area (Å²) < 4.78 is 21.4. The molecule has 9 nitrogen and oxygen atoms in total. The van der Waals surface area contributed by atoms with Crippen LogP contribution >= 0.6 is 0 Å². The summed E-state index contributed by atoms with van der Waals surface area (Å²) in [6, 6.07) is 12.5. The molecule has 0 amide bonds. The van der Waals surface area contributed by atoms with Crippen LogP contribution in [0.2, 0.25) is 0 Å². The van der Waals surface area contributed by atoms with Crippen LogP contribution in [0.3, 0.4) is 0 Å². The van der Waals surface area contributed by atoms with Crippen LogP contribution in [-0.4, -0.2) is 57.7 Å². The van der Waals surface area contributed by atoms with E-state index in [4.69, 9.17) is 19.2 Å². The topological polar surface area (TPSA) is 95.4 Å². The van der Waals surface area contributed by atoms with Gasteiger partial charge in [-0.3, -0.25) is 0 Å². The molecule has 1 aliphatic heterocycles. The second kappa shape index (κ2) is 9.10. The highest BCUT2D eigenvalue weighted by Gasteiger charge is 2.55. The van der Waals surface area contributed by atoms with Gasteiger partial charge in [0.15, 0.2) is 5.79 Å². The van der Waals surface area contributed by atoms with E-state index in [-0.39, 0.29) is 24.2 Å². The van der Waals surface area contributed by atoms with Gasteiger partial charge in [-0.1, -0.05) is 0 Å². The lowest BCUT2D eigenvalue weighted by molar-refractivity contribution is -0.161. The Kier molecular flexibility index (Phi) is 5.67. The molecule has 2 N–H and O–H groups in total. The van der Waals surface area contributed by atoms with Gasteiger partial charge in [0, 0.05) is 37.2 Å². The van der Waals surface area contributed by atoms with Crippen molar-refractivity contribution in [3.8, 4) is 5.75 Å². The van der Waals surface area contributed by atoms with Crippen molar-refractivity contribution in [2.45, 2.75) is 57.1 Å². The summed E-state index contributed by atoms with van der Waals surface area (Å²) in [5, 5.41) is 8.73. The molecule has 1 saturated heterocycles. The molecule has 4 atom stereocenters. The summed E-state index contributed by atoms with van der Waals surface area (Å²) >= 11 is 0. The second-order valence-electron chi connectivity index (χ2n) is 11.2. The van der Waals surface area contributed by atoms with E-state index in [0.29, 0.717) is 6.61 Å². The highest BCUT2D eigenvalue weighted by atomic mass is 16.8. The molecule has 9 heteroatoms. The molecular weight excluding hydrogens is 480 g/mol. The molecule has 2 saturated carbocycles. The third-order valence-corrected chi connectivity index (χ3v) is 8.05. The molecule has 7 rings (SSSR count). The van der Waals surface area contributed by atoms with Gasteiger partial charge in [0.1, 0.15) is 35.5 Å². The van der Waals surface area contributed by atoms with E-state index in [1.54, 1.807) is 6.33 Å². The molecule has 198 valence electrons. The van der Waals surface area contributed by atoms with Gasteiger partial charge in [-0.25, -0.2) is 15.0 Å². The maximum Gasteiger partial charge on any atom is 0.163 e. The molecule has 4 aromatic rings. The molecule has 0 radical (unpaired) electrons. The number of rotatable bonds is 8. The summed E-state index contributed by atoms with van der Waals surface area (Å²) in [6.45, 7) is 5.51. The largest absolute Gasteiger partial charge is 0.493 e. The number of hydrogen-bond donors (Lipinski definition) is 2. The Labute approximate surface area is 221 Å². The number of nitrogens with one attached hydrogen (secondary N) is 2. The number of fused-ring (bicyclic) bond motifs is 3. The minimum absolute atomic E-state index is 0.0603. The minimum Gasteiger partial charge on any atom is -0.493 e. The Morgan fingerprint density at radius 3 is 2.76 bits per heavy atom. The summed E-state index contributed by atoms with van der Waals surface area (Å²) in [5.41, 5.74) is 1.83. The summed E-state index contributed by atoms with van der Waals surface area (Å²) in [6.07, 6.45) is 7.06. The molecule has 3 fully saturated rings. The Bertz CT molecular complexity index is 1480. The molecule has 0 unspecified atom stereocenters. The van der Waals surface area contributed by atoms with Crippen LogP contribution in [0, 0.1) is 11.8 Å². The first-order valence-electron chi connectivity index (χ1n) is 13.6. The van der Waals surface area contributed by atoms with Crippen LogP contribution in [0.4, 0.5) is 11.6 Å². The lowest BCUT2D eigenvalue weighted by atomic mass is 10.1. The van der Waals surface area contributed by atoms with Crippen molar-refractivity contribution in [1.82, 2.24) is 19.5 Å². The first kappa shape index (κ1) is 23.7. The van der Waals surface area contributed by atoms with Crippen molar-refractivity contribution in [1.29, 1.82) is 0 Å². The van der Waals surface area contributed by atoms with Crippen molar-refractivity contribution in [2.24, 2.45) is 11.8 Å². The first-order chi connectivity index (χ1) is 18.5. The summed E-state index contributed by atoms with van der Waals surface area (Å²) in [7, 11) is 1.88. The molecule has 38 heavy (non-hydrogen) atoms. The lowest BCUT2D eigenvalue weighted by Crippen LogP contribution is -2.29. The van der Waals surface area contributed by atoms with Crippen molar-refractivity contribution < 1.29 is 14.2 Å². The van der Waals surface area contributed by atoms with Crippen molar-refractivity contribution in [2.75, 3.05) is 30.8 Å². The Morgan fingerprint density at radius 1 is 1.08 bits per heavy atom. The smallest absolute Gasteiger partial charge is 0.163 e. The zero-order valence-corrected chi connectivity index (χ0v) is 22.1. The molecule has 2 aliphatic carbocycles. The predicted octanol–water partition coefficient (Wildman–Crippen LogP) is 5.00. The maximum absolute atomic E-state index is 6.44. The zero-order chi connectivity index (χ0) is 25.9. The summed E-state index contributed by atoms with van der Waals surface area (Å²) in [4.78, 5) is 13.8. The third kappa shape index (κ3) is 4.33. The number of nitrogens with zero attached hydrogens (tertiary/aromatic N) is 4. The third-order valence-electron chi connectivity index (χ3n) is 8.05. The first-order valence-corrected chi connectivity index (χ1v) is 13.6. The van der Waals surface area contributed by atoms with Crippen molar-refractivity contribution >= 4 is 33.6 Å². The number of ether oxygens (including phenoxy) is 3. The molecular formula is C29H34N6O3. The van der Waals surface area contributed by atoms with E-state index in [1.807, 2.05) is 33.0 Å². The fraction of sp³-hybridized carbons (Fsp3) is 0.483. The van der Waals surface area contributed by atoms with Gasteiger partial charge in [-0.15, -0.1) is 0 Å². The number of anilines is 2. The predicted molar refractivity (Wildman–Crippen MR) is 146 cm³/mol.